The summed E-state index contributed by atoms with van der Waals surface area (Å²) < 4.78 is 6.57. The van der Waals surface area contributed by atoms with Crippen LogP contribution in [-0.4, -0.2) is 43.8 Å². The van der Waals surface area contributed by atoms with E-state index in [1.807, 2.05) is 12.1 Å². The molecule has 0 aliphatic heterocycles. The largest absolute Gasteiger partial charge is 0.496 e. The molecule has 0 radical (unpaired) electrons. The zero-order valence-electron chi connectivity index (χ0n) is 19.6. The van der Waals surface area contributed by atoms with E-state index in [0.717, 1.165) is 47.9 Å². The molecular formula is C25H36BrN5O. The molecule has 2 aliphatic rings. The highest BCUT2D eigenvalue weighted by Gasteiger charge is 2.24. The van der Waals surface area contributed by atoms with Gasteiger partial charge in [-0.1, -0.05) is 15.9 Å². The van der Waals surface area contributed by atoms with Crippen LogP contribution in [0.5, 0.6) is 5.75 Å². The SMILES string of the molecule is COc1ccc(Br)cc1CNC[C@H]1CC[C@@H](Nc2nc3c(c(N(C)C)n2)CCCC3)CC1. The Morgan fingerprint density at radius 3 is 2.62 bits per heavy atom. The summed E-state index contributed by atoms with van der Waals surface area (Å²) in [7, 11) is 5.90. The van der Waals surface area contributed by atoms with Gasteiger partial charge in [-0.25, -0.2) is 4.98 Å². The molecule has 1 aromatic carbocycles. The van der Waals surface area contributed by atoms with Crippen molar-refractivity contribution in [1.29, 1.82) is 0 Å². The molecule has 2 N–H and O–H groups in total. The Balaban J connectivity index is 1.27. The van der Waals surface area contributed by atoms with E-state index >= 15 is 0 Å². The van der Waals surface area contributed by atoms with E-state index in [2.05, 4.69) is 51.6 Å². The molecule has 2 aliphatic carbocycles. The number of methoxy groups -OCH3 is 1. The first-order valence-electron chi connectivity index (χ1n) is 11.9. The number of hydrogen-bond donors (Lipinski definition) is 2. The number of nitrogens with one attached hydrogen (secondary N) is 2. The second kappa shape index (κ2) is 10.8. The van der Waals surface area contributed by atoms with Crippen molar-refractivity contribution >= 4 is 27.7 Å². The number of ether oxygens (including phenoxy) is 1. The van der Waals surface area contributed by atoms with Crippen LogP contribution < -0.4 is 20.3 Å². The van der Waals surface area contributed by atoms with Gasteiger partial charge in [-0.05, 0) is 82.0 Å². The first-order valence-corrected chi connectivity index (χ1v) is 12.7. The number of hydrogen-bond acceptors (Lipinski definition) is 6. The number of aromatic nitrogens is 2. The minimum Gasteiger partial charge on any atom is -0.496 e. The van der Waals surface area contributed by atoms with Gasteiger partial charge in [0, 0.05) is 42.3 Å². The summed E-state index contributed by atoms with van der Waals surface area (Å²) in [5.41, 5.74) is 3.79. The third-order valence-electron chi connectivity index (χ3n) is 6.76. The molecule has 0 unspecified atom stereocenters. The minimum atomic E-state index is 0.466. The zero-order chi connectivity index (χ0) is 22.5. The minimum absolute atomic E-state index is 0.466. The maximum absolute atomic E-state index is 5.49. The summed E-state index contributed by atoms with van der Waals surface area (Å²) in [5.74, 6) is 3.57. The highest BCUT2D eigenvalue weighted by atomic mass is 79.9. The standard InChI is InChI=1S/C25H36BrN5O/c1-31(2)24-21-6-4-5-7-22(21)29-25(30-24)28-20-11-8-17(9-12-20)15-27-16-18-14-19(26)10-13-23(18)32-3/h10,13-14,17,20,27H,4-9,11-12,15-16H2,1-3H3,(H,28,29,30)/t17-,20+. The van der Waals surface area contributed by atoms with E-state index in [1.54, 1.807) is 7.11 Å². The molecule has 0 amide bonds. The van der Waals surface area contributed by atoms with Gasteiger partial charge >= 0.3 is 0 Å². The summed E-state index contributed by atoms with van der Waals surface area (Å²) in [6.07, 6.45) is 9.46. The average Bonchev–Trinajstić information content (AvgIpc) is 2.80. The summed E-state index contributed by atoms with van der Waals surface area (Å²) in [6, 6.07) is 6.63. The zero-order valence-corrected chi connectivity index (χ0v) is 21.2. The maximum atomic E-state index is 5.49. The van der Waals surface area contributed by atoms with Crippen LogP contribution in [0.25, 0.3) is 0 Å². The lowest BCUT2D eigenvalue weighted by Gasteiger charge is -2.30. The number of benzene rings is 1. The third-order valence-corrected chi connectivity index (χ3v) is 7.25. The summed E-state index contributed by atoms with van der Waals surface area (Å²) in [4.78, 5) is 11.9. The first kappa shape index (κ1) is 23.3. The molecule has 6 nitrogen and oxygen atoms in total. The third kappa shape index (κ3) is 5.73. The number of anilines is 2. The van der Waals surface area contributed by atoms with Crippen LogP contribution in [0.3, 0.4) is 0 Å². The fourth-order valence-corrected chi connectivity index (χ4v) is 5.41. The fourth-order valence-electron chi connectivity index (χ4n) is 5.00. The van der Waals surface area contributed by atoms with Gasteiger partial charge < -0.3 is 20.3 Å². The van der Waals surface area contributed by atoms with Crippen LogP contribution in [0.1, 0.15) is 55.3 Å². The van der Waals surface area contributed by atoms with Crippen LogP contribution in [-0.2, 0) is 19.4 Å². The molecule has 0 spiro atoms. The van der Waals surface area contributed by atoms with E-state index in [-0.39, 0.29) is 0 Å². The Bertz CT molecular complexity index is 911. The van der Waals surface area contributed by atoms with Crippen LogP contribution in [0.4, 0.5) is 11.8 Å². The number of nitrogens with zero attached hydrogens (tertiary/aromatic N) is 3. The van der Waals surface area contributed by atoms with E-state index < -0.39 is 0 Å². The van der Waals surface area contributed by atoms with Crippen LogP contribution >= 0.6 is 15.9 Å². The Labute approximate surface area is 200 Å². The molecule has 4 rings (SSSR count). The van der Waals surface area contributed by atoms with Gasteiger partial charge in [-0.3, -0.25) is 0 Å². The van der Waals surface area contributed by atoms with Gasteiger partial charge in [0.05, 0.1) is 12.8 Å². The van der Waals surface area contributed by atoms with Crippen molar-refractivity contribution in [1.82, 2.24) is 15.3 Å². The summed E-state index contributed by atoms with van der Waals surface area (Å²) in [5, 5.41) is 7.30. The summed E-state index contributed by atoms with van der Waals surface area (Å²) >= 11 is 3.56. The molecule has 174 valence electrons. The van der Waals surface area contributed by atoms with Crippen molar-refractivity contribution in [3.05, 3.63) is 39.5 Å². The fraction of sp³-hybridized carbons (Fsp3) is 0.600. The second-order valence-electron chi connectivity index (χ2n) is 9.35. The Morgan fingerprint density at radius 2 is 1.88 bits per heavy atom. The topological polar surface area (TPSA) is 62.3 Å². The molecule has 0 saturated heterocycles. The monoisotopic (exact) mass is 501 g/mol. The van der Waals surface area contributed by atoms with Crippen molar-refractivity contribution in [3.8, 4) is 5.75 Å². The van der Waals surface area contributed by atoms with Gasteiger partial charge in [0.2, 0.25) is 5.95 Å². The number of fused-ring (bicyclic) bond motifs is 1. The Hall–Kier alpha value is -1.86. The predicted octanol–water partition coefficient (Wildman–Crippen LogP) is 4.95. The number of halogens is 1. The molecule has 32 heavy (non-hydrogen) atoms. The number of aryl methyl sites for hydroxylation is 1. The van der Waals surface area contributed by atoms with Crippen molar-refractivity contribution in [2.75, 3.05) is 38.0 Å². The lowest BCUT2D eigenvalue weighted by molar-refractivity contribution is 0.322. The van der Waals surface area contributed by atoms with Crippen LogP contribution in [0.2, 0.25) is 0 Å². The van der Waals surface area contributed by atoms with E-state index in [1.165, 1.54) is 55.3 Å². The predicted molar refractivity (Wildman–Crippen MR) is 135 cm³/mol. The van der Waals surface area contributed by atoms with Crippen molar-refractivity contribution in [3.63, 3.8) is 0 Å². The Morgan fingerprint density at radius 1 is 1.09 bits per heavy atom. The molecule has 1 aromatic heterocycles. The van der Waals surface area contributed by atoms with E-state index in [9.17, 15) is 0 Å². The smallest absolute Gasteiger partial charge is 0.225 e. The quantitative estimate of drug-likeness (QED) is 0.533. The lowest BCUT2D eigenvalue weighted by atomic mass is 9.86. The molecule has 0 bridgehead atoms. The van der Waals surface area contributed by atoms with Crippen molar-refractivity contribution < 1.29 is 4.74 Å². The molecule has 0 atom stereocenters. The van der Waals surface area contributed by atoms with E-state index in [4.69, 9.17) is 14.7 Å². The van der Waals surface area contributed by atoms with Gasteiger partial charge in [0.25, 0.3) is 0 Å². The lowest BCUT2D eigenvalue weighted by Crippen LogP contribution is -2.32. The summed E-state index contributed by atoms with van der Waals surface area (Å²) in [6.45, 7) is 1.87. The highest BCUT2D eigenvalue weighted by Crippen LogP contribution is 2.30. The molecule has 2 aromatic rings. The number of rotatable bonds is 8. The van der Waals surface area contributed by atoms with E-state index in [0.29, 0.717) is 12.0 Å². The molecule has 1 fully saturated rings. The maximum Gasteiger partial charge on any atom is 0.225 e. The molecule has 7 heteroatoms. The first-order chi connectivity index (χ1) is 15.5. The van der Waals surface area contributed by atoms with Crippen LogP contribution in [0.15, 0.2) is 22.7 Å². The molecule has 1 saturated carbocycles. The van der Waals surface area contributed by atoms with Gasteiger partial charge in [-0.15, -0.1) is 0 Å². The van der Waals surface area contributed by atoms with Crippen molar-refractivity contribution in [2.45, 2.75) is 64.0 Å². The average molecular weight is 503 g/mol. The normalized spacial score (nSPS) is 20.5. The van der Waals surface area contributed by atoms with Gasteiger partial charge in [-0.2, -0.15) is 4.98 Å². The molecular weight excluding hydrogens is 466 g/mol. The second-order valence-corrected chi connectivity index (χ2v) is 10.3. The Kier molecular flexibility index (Phi) is 7.89. The van der Waals surface area contributed by atoms with Crippen LogP contribution in [0, 0.1) is 5.92 Å². The van der Waals surface area contributed by atoms with Gasteiger partial charge in [0.1, 0.15) is 11.6 Å². The highest BCUT2D eigenvalue weighted by molar-refractivity contribution is 9.10. The molecule has 1 heterocycles. The van der Waals surface area contributed by atoms with Crippen molar-refractivity contribution in [2.24, 2.45) is 5.92 Å². The van der Waals surface area contributed by atoms with Gasteiger partial charge in [0.15, 0.2) is 0 Å².